The third kappa shape index (κ3) is 7.12. The molecule has 0 radical (unpaired) electrons. The van der Waals surface area contributed by atoms with Crippen molar-refractivity contribution in [1.29, 1.82) is 0 Å². The van der Waals surface area contributed by atoms with Crippen molar-refractivity contribution in [3.8, 4) is 5.75 Å². The van der Waals surface area contributed by atoms with Crippen molar-refractivity contribution in [3.63, 3.8) is 0 Å². The van der Waals surface area contributed by atoms with E-state index in [9.17, 15) is 14.7 Å². The van der Waals surface area contributed by atoms with Crippen molar-refractivity contribution >= 4 is 34.4 Å². The van der Waals surface area contributed by atoms with Crippen molar-refractivity contribution in [2.75, 3.05) is 52.5 Å². The molecule has 0 spiro atoms. The van der Waals surface area contributed by atoms with E-state index in [4.69, 9.17) is 14.6 Å². The van der Waals surface area contributed by atoms with Crippen LogP contribution in [0.5, 0.6) is 5.75 Å². The number of hydrogen-bond donors (Lipinski definition) is 3. The van der Waals surface area contributed by atoms with Crippen molar-refractivity contribution in [1.82, 2.24) is 15.1 Å². The van der Waals surface area contributed by atoms with Crippen molar-refractivity contribution < 1.29 is 29.3 Å². The van der Waals surface area contributed by atoms with Gasteiger partial charge >= 0.3 is 0 Å². The molecule has 1 saturated heterocycles. The molecule has 33 heavy (non-hydrogen) atoms. The van der Waals surface area contributed by atoms with Gasteiger partial charge in [0.2, 0.25) is 11.8 Å². The Hall–Kier alpha value is -1.73. The number of para-hydroxylation sites is 1. The molecule has 1 aromatic rings. The molecule has 2 amide bonds. The van der Waals surface area contributed by atoms with Crippen LogP contribution in [0.1, 0.15) is 13.3 Å². The Kier molecular flexibility index (Phi) is 9.93. The highest BCUT2D eigenvalue weighted by Gasteiger charge is 2.40. The Balaban J connectivity index is 1.82. The van der Waals surface area contributed by atoms with Gasteiger partial charge in [-0.15, -0.1) is 0 Å². The van der Waals surface area contributed by atoms with E-state index < -0.39 is 18.2 Å². The van der Waals surface area contributed by atoms with Gasteiger partial charge < -0.3 is 29.9 Å². The summed E-state index contributed by atoms with van der Waals surface area (Å²) in [6.07, 6.45) is 0.00756. The Morgan fingerprint density at radius 2 is 2.03 bits per heavy atom. The number of nitrogens with one attached hydrogen (secondary N) is 1. The van der Waals surface area contributed by atoms with Crippen LogP contribution in [0.15, 0.2) is 35.9 Å². The van der Waals surface area contributed by atoms with Crippen molar-refractivity contribution in [2.24, 2.45) is 0 Å². The van der Waals surface area contributed by atoms with Gasteiger partial charge in [-0.25, -0.2) is 0 Å². The highest BCUT2D eigenvalue weighted by Crippen LogP contribution is 2.29. The molecule has 1 aromatic carbocycles. The molecule has 1 aliphatic heterocycles. The molecule has 0 bridgehead atoms. The molecule has 3 N–H and O–H groups in total. The van der Waals surface area contributed by atoms with E-state index in [1.807, 2.05) is 18.2 Å². The van der Waals surface area contributed by atoms with E-state index in [1.165, 1.54) is 6.92 Å². The number of hydrogen-bond acceptors (Lipinski definition) is 7. The molecule has 2 aliphatic rings. The van der Waals surface area contributed by atoms with Crippen LogP contribution in [0.25, 0.3) is 0 Å². The fourth-order valence-electron chi connectivity index (χ4n) is 4.10. The predicted molar refractivity (Wildman–Crippen MR) is 131 cm³/mol. The molecule has 182 valence electrons. The highest BCUT2D eigenvalue weighted by molar-refractivity contribution is 14.1. The standard InChI is InChI=1S/C23H32IN3O6/c1-16(29)27(8-7-26-9-12-32-13-10-26)19-14-17(23(31)25-6-11-28)15-21(22(19)30)33-20-5-3-2-4-18(20)24/h2-5,15,19,21-22,28,30H,6-14H2,1H3,(H,25,31). The maximum Gasteiger partial charge on any atom is 0.247 e. The Bertz CT molecular complexity index is 845. The number of ether oxygens (including phenoxy) is 2. The lowest BCUT2D eigenvalue weighted by Crippen LogP contribution is -2.56. The lowest BCUT2D eigenvalue weighted by atomic mass is 9.88. The molecule has 10 heteroatoms. The molecule has 0 saturated carbocycles. The highest BCUT2D eigenvalue weighted by atomic mass is 127. The van der Waals surface area contributed by atoms with Gasteiger partial charge in [-0.3, -0.25) is 14.5 Å². The summed E-state index contributed by atoms with van der Waals surface area (Å²) in [6, 6.07) is 6.81. The number of amides is 2. The van der Waals surface area contributed by atoms with Gasteiger partial charge in [0.1, 0.15) is 18.0 Å². The van der Waals surface area contributed by atoms with E-state index >= 15 is 0 Å². The zero-order valence-corrected chi connectivity index (χ0v) is 20.9. The lowest BCUT2D eigenvalue weighted by Gasteiger charge is -2.41. The summed E-state index contributed by atoms with van der Waals surface area (Å²) in [5, 5.41) is 23.0. The Morgan fingerprint density at radius 1 is 1.30 bits per heavy atom. The molecular formula is C23H32IN3O6. The zero-order chi connectivity index (χ0) is 23.8. The first-order chi connectivity index (χ1) is 15.9. The number of rotatable bonds is 9. The van der Waals surface area contributed by atoms with Crippen molar-refractivity contribution in [2.45, 2.75) is 31.6 Å². The largest absolute Gasteiger partial charge is 0.482 e. The van der Waals surface area contributed by atoms with Gasteiger partial charge in [0.25, 0.3) is 0 Å². The van der Waals surface area contributed by atoms with Gasteiger partial charge in [0, 0.05) is 51.6 Å². The number of nitrogens with zero attached hydrogens (tertiary/aromatic N) is 2. The van der Waals surface area contributed by atoms with E-state index in [0.717, 1.165) is 16.7 Å². The summed E-state index contributed by atoms with van der Waals surface area (Å²) in [4.78, 5) is 29.2. The van der Waals surface area contributed by atoms with Crippen LogP contribution in [0.4, 0.5) is 0 Å². The van der Waals surface area contributed by atoms with Gasteiger partial charge in [0.05, 0.1) is 29.4 Å². The monoisotopic (exact) mass is 573 g/mol. The second-order valence-electron chi connectivity index (χ2n) is 8.11. The fourth-order valence-corrected chi connectivity index (χ4v) is 4.61. The normalized spacial score (nSPS) is 23.5. The summed E-state index contributed by atoms with van der Waals surface area (Å²) < 4.78 is 12.4. The second-order valence-corrected chi connectivity index (χ2v) is 9.27. The smallest absolute Gasteiger partial charge is 0.247 e. The minimum Gasteiger partial charge on any atom is -0.482 e. The third-order valence-electron chi connectivity index (χ3n) is 5.88. The van der Waals surface area contributed by atoms with Crippen LogP contribution in [0.3, 0.4) is 0 Å². The molecule has 1 aliphatic carbocycles. The first-order valence-electron chi connectivity index (χ1n) is 11.2. The first kappa shape index (κ1) is 25.9. The van der Waals surface area contributed by atoms with Gasteiger partial charge in [-0.1, -0.05) is 12.1 Å². The number of carbonyl (C=O) groups is 2. The van der Waals surface area contributed by atoms with Crippen LogP contribution < -0.4 is 10.1 Å². The van der Waals surface area contributed by atoms with E-state index in [2.05, 4.69) is 32.8 Å². The van der Waals surface area contributed by atoms with E-state index in [-0.39, 0.29) is 31.4 Å². The summed E-state index contributed by atoms with van der Waals surface area (Å²) in [7, 11) is 0. The summed E-state index contributed by atoms with van der Waals surface area (Å²) in [5.41, 5.74) is 0.423. The number of benzene rings is 1. The molecule has 3 rings (SSSR count). The molecule has 1 heterocycles. The van der Waals surface area contributed by atoms with Gasteiger partial charge in [0.15, 0.2) is 0 Å². The fraction of sp³-hybridized carbons (Fsp3) is 0.565. The SMILES string of the molecule is CC(=O)N(CCN1CCOCC1)C1CC(C(=O)NCCO)=CC(Oc2ccccc2I)C1O. The van der Waals surface area contributed by atoms with Crippen molar-refractivity contribution in [3.05, 3.63) is 39.5 Å². The minimum absolute atomic E-state index is 0.124. The number of aliphatic hydroxyl groups is 2. The second kappa shape index (κ2) is 12.7. The zero-order valence-electron chi connectivity index (χ0n) is 18.8. The average molecular weight is 573 g/mol. The van der Waals surface area contributed by atoms with E-state index in [0.29, 0.717) is 37.6 Å². The molecule has 3 unspecified atom stereocenters. The molecule has 3 atom stereocenters. The predicted octanol–water partition coefficient (Wildman–Crippen LogP) is 0.387. The quantitative estimate of drug-likeness (QED) is 0.367. The number of morpholine rings is 1. The number of carbonyl (C=O) groups excluding carboxylic acids is 2. The number of halogens is 1. The number of aliphatic hydroxyl groups excluding tert-OH is 2. The van der Waals surface area contributed by atoms with Crippen LogP contribution in [0, 0.1) is 3.57 Å². The topological polar surface area (TPSA) is 112 Å². The van der Waals surface area contributed by atoms with Crippen LogP contribution in [0.2, 0.25) is 0 Å². The summed E-state index contributed by atoms with van der Waals surface area (Å²) >= 11 is 2.15. The molecule has 1 fully saturated rings. The van der Waals surface area contributed by atoms with Gasteiger partial charge in [-0.05, 0) is 40.8 Å². The first-order valence-corrected chi connectivity index (χ1v) is 12.2. The van der Waals surface area contributed by atoms with Crippen LogP contribution >= 0.6 is 22.6 Å². The molecule has 0 aromatic heterocycles. The van der Waals surface area contributed by atoms with Gasteiger partial charge in [-0.2, -0.15) is 0 Å². The maximum atomic E-state index is 12.7. The van der Waals surface area contributed by atoms with Crippen LogP contribution in [-0.4, -0.2) is 103 Å². The minimum atomic E-state index is -1.01. The lowest BCUT2D eigenvalue weighted by molar-refractivity contribution is -0.136. The Morgan fingerprint density at radius 3 is 2.70 bits per heavy atom. The molecular weight excluding hydrogens is 541 g/mol. The summed E-state index contributed by atoms with van der Waals surface area (Å²) in [6.45, 7) is 5.43. The Labute approximate surface area is 207 Å². The molecule has 9 nitrogen and oxygen atoms in total. The summed E-state index contributed by atoms with van der Waals surface area (Å²) in [5.74, 6) is 0.0863. The van der Waals surface area contributed by atoms with E-state index in [1.54, 1.807) is 17.0 Å². The van der Waals surface area contributed by atoms with Crippen LogP contribution in [-0.2, 0) is 14.3 Å². The maximum absolute atomic E-state index is 12.7. The average Bonchev–Trinajstić information content (AvgIpc) is 2.81. The third-order valence-corrected chi connectivity index (χ3v) is 6.77.